The molecule has 2 heterocycles. The lowest BCUT2D eigenvalue weighted by Crippen LogP contribution is -2.48. The largest absolute Gasteiger partial charge is 0.363 e. The third-order valence-electron chi connectivity index (χ3n) is 4.30. The van der Waals surface area contributed by atoms with Crippen LogP contribution in [0.3, 0.4) is 0 Å². The summed E-state index contributed by atoms with van der Waals surface area (Å²) in [4.78, 5) is 35.1. The molecule has 1 aromatic carbocycles. The molecule has 0 aliphatic carbocycles. The van der Waals surface area contributed by atoms with Crippen molar-refractivity contribution in [3.8, 4) is 0 Å². The average Bonchev–Trinajstić information content (AvgIpc) is 2.68. The van der Waals surface area contributed by atoms with Gasteiger partial charge in [-0.15, -0.1) is 0 Å². The number of hydrogen-bond donors (Lipinski definition) is 1. The van der Waals surface area contributed by atoms with Crippen LogP contribution in [0.2, 0.25) is 0 Å². The van der Waals surface area contributed by atoms with E-state index in [0.717, 1.165) is 12.0 Å². The highest BCUT2D eigenvalue weighted by Crippen LogP contribution is 2.18. The minimum absolute atomic E-state index is 0.0650. The van der Waals surface area contributed by atoms with Crippen LogP contribution < -0.4 is 5.32 Å². The van der Waals surface area contributed by atoms with Gasteiger partial charge >= 0.3 is 0 Å². The van der Waals surface area contributed by atoms with Crippen LogP contribution >= 0.6 is 0 Å². The molecular weight excluding hydrogens is 318 g/mol. The summed E-state index contributed by atoms with van der Waals surface area (Å²) in [7, 11) is 0. The first-order valence-electron chi connectivity index (χ1n) is 8.29. The molecule has 130 valence electrons. The van der Waals surface area contributed by atoms with Crippen LogP contribution in [-0.2, 0) is 4.79 Å². The molecule has 25 heavy (non-hydrogen) atoms. The van der Waals surface area contributed by atoms with E-state index >= 15 is 0 Å². The van der Waals surface area contributed by atoms with Crippen LogP contribution in [0.1, 0.15) is 29.0 Å². The summed E-state index contributed by atoms with van der Waals surface area (Å²) < 4.78 is 0. The molecular formula is C18H21N5O2. The van der Waals surface area contributed by atoms with E-state index in [4.69, 9.17) is 0 Å². The highest BCUT2D eigenvalue weighted by atomic mass is 16.2. The predicted molar refractivity (Wildman–Crippen MR) is 94.1 cm³/mol. The van der Waals surface area contributed by atoms with Crippen LogP contribution in [0.4, 0.5) is 5.82 Å². The van der Waals surface area contributed by atoms with Gasteiger partial charge in [-0.1, -0.05) is 30.3 Å². The van der Waals surface area contributed by atoms with Crippen molar-refractivity contribution in [2.75, 3.05) is 31.5 Å². The minimum atomic E-state index is -0.136. The normalized spacial score (nSPS) is 15.6. The summed E-state index contributed by atoms with van der Waals surface area (Å²) in [6.45, 7) is 4.18. The van der Waals surface area contributed by atoms with E-state index in [1.807, 2.05) is 37.3 Å². The molecule has 2 amide bonds. The number of benzene rings is 1. The standard InChI is InChI=1S/C18H21N5O2/c1-14(15-5-3-2-4-6-15)21-17-11-16(19-12-20-17)18(25)23-9-7-22(13-24)8-10-23/h2-6,11-14H,7-10H2,1H3,(H,19,20,21). The van der Waals surface area contributed by atoms with Gasteiger partial charge in [-0.2, -0.15) is 0 Å². The molecule has 0 bridgehead atoms. The average molecular weight is 339 g/mol. The lowest BCUT2D eigenvalue weighted by atomic mass is 10.1. The highest BCUT2D eigenvalue weighted by molar-refractivity contribution is 5.93. The molecule has 7 nitrogen and oxygen atoms in total. The van der Waals surface area contributed by atoms with Crippen molar-refractivity contribution in [3.63, 3.8) is 0 Å². The lowest BCUT2D eigenvalue weighted by Gasteiger charge is -2.32. The molecule has 0 saturated carbocycles. The van der Waals surface area contributed by atoms with Crippen LogP contribution in [0, 0.1) is 0 Å². The first kappa shape index (κ1) is 16.9. The third kappa shape index (κ3) is 4.12. The molecule has 1 fully saturated rings. The number of carbonyl (C=O) groups excluding carboxylic acids is 2. The number of anilines is 1. The molecule has 1 aliphatic heterocycles. The van der Waals surface area contributed by atoms with Gasteiger partial charge in [0.05, 0.1) is 0 Å². The topological polar surface area (TPSA) is 78.4 Å². The molecule has 1 N–H and O–H groups in total. The van der Waals surface area contributed by atoms with E-state index in [1.54, 1.807) is 15.9 Å². The summed E-state index contributed by atoms with van der Waals surface area (Å²) in [5, 5.41) is 3.30. The molecule has 1 atom stereocenters. The first-order valence-corrected chi connectivity index (χ1v) is 8.29. The fourth-order valence-corrected chi connectivity index (χ4v) is 2.79. The third-order valence-corrected chi connectivity index (χ3v) is 4.30. The smallest absolute Gasteiger partial charge is 0.272 e. The fraction of sp³-hybridized carbons (Fsp3) is 0.333. The first-order chi connectivity index (χ1) is 12.2. The van der Waals surface area contributed by atoms with Crippen molar-refractivity contribution < 1.29 is 9.59 Å². The molecule has 1 aliphatic rings. The number of hydrogen-bond acceptors (Lipinski definition) is 5. The quantitative estimate of drug-likeness (QED) is 0.837. The fourth-order valence-electron chi connectivity index (χ4n) is 2.79. The van der Waals surface area contributed by atoms with Crippen molar-refractivity contribution in [2.24, 2.45) is 0 Å². The SMILES string of the molecule is CC(Nc1cc(C(=O)N2CCN(C=O)CC2)ncn1)c1ccccc1. The Morgan fingerprint density at radius 3 is 2.56 bits per heavy atom. The van der Waals surface area contributed by atoms with Crippen molar-refractivity contribution >= 4 is 18.1 Å². The molecule has 1 unspecified atom stereocenters. The van der Waals surface area contributed by atoms with Gasteiger partial charge in [-0.3, -0.25) is 9.59 Å². The predicted octanol–water partition coefficient (Wildman–Crippen LogP) is 1.56. The van der Waals surface area contributed by atoms with Crippen molar-refractivity contribution in [3.05, 3.63) is 54.0 Å². The molecule has 1 aromatic heterocycles. The van der Waals surface area contributed by atoms with Gasteiger partial charge in [0.25, 0.3) is 5.91 Å². The number of aromatic nitrogens is 2. The molecule has 3 rings (SSSR count). The van der Waals surface area contributed by atoms with Gasteiger partial charge in [0, 0.05) is 38.3 Å². The van der Waals surface area contributed by atoms with E-state index in [-0.39, 0.29) is 11.9 Å². The summed E-state index contributed by atoms with van der Waals surface area (Å²) in [5.74, 6) is 0.476. The number of carbonyl (C=O) groups is 2. The molecule has 7 heteroatoms. The van der Waals surface area contributed by atoms with E-state index in [1.165, 1.54) is 6.33 Å². The van der Waals surface area contributed by atoms with Gasteiger partial charge in [0.2, 0.25) is 6.41 Å². The second-order valence-corrected chi connectivity index (χ2v) is 6.00. The maximum absolute atomic E-state index is 12.6. The Balaban J connectivity index is 1.67. The monoisotopic (exact) mass is 339 g/mol. The maximum atomic E-state index is 12.6. The molecule has 0 radical (unpaired) electrons. The van der Waals surface area contributed by atoms with E-state index in [0.29, 0.717) is 37.7 Å². The molecule has 2 aromatic rings. The van der Waals surface area contributed by atoms with E-state index in [2.05, 4.69) is 15.3 Å². The van der Waals surface area contributed by atoms with Gasteiger partial charge in [0.1, 0.15) is 17.8 Å². The van der Waals surface area contributed by atoms with Crippen LogP contribution in [0.25, 0.3) is 0 Å². The van der Waals surface area contributed by atoms with Gasteiger partial charge in [-0.25, -0.2) is 9.97 Å². The summed E-state index contributed by atoms with van der Waals surface area (Å²) in [5.41, 5.74) is 1.50. The second-order valence-electron chi connectivity index (χ2n) is 6.00. The molecule has 0 spiro atoms. The summed E-state index contributed by atoms with van der Waals surface area (Å²) >= 11 is 0. The summed E-state index contributed by atoms with van der Waals surface area (Å²) in [6.07, 6.45) is 2.22. The number of amides is 2. The van der Waals surface area contributed by atoms with Gasteiger partial charge in [-0.05, 0) is 12.5 Å². The van der Waals surface area contributed by atoms with E-state index in [9.17, 15) is 9.59 Å². The number of nitrogens with one attached hydrogen (secondary N) is 1. The zero-order valence-electron chi connectivity index (χ0n) is 14.1. The van der Waals surface area contributed by atoms with Gasteiger partial charge < -0.3 is 15.1 Å². The minimum Gasteiger partial charge on any atom is -0.363 e. The summed E-state index contributed by atoms with van der Waals surface area (Å²) in [6, 6.07) is 11.8. The zero-order chi connectivity index (χ0) is 17.6. The van der Waals surface area contributed by atoms with Crippen LogP contribution in [0.15, 0.2) is 42.7 Å². The Labute approximate surface area is 146 Å². The number of nitrogens with zero attached hydrogens (tertiary/aromatic N) is 4. The molecule has 1 saturated heterocycles. The lowest BCUT2D eigenvalue weighted by molar-refractivity contribution is -0.119. The second kappa shape index (κ2) is 7.74. The van der Waals surface area contributed by atoms with E-state index < -0.39 is 0 Å². The van der Waals surface area contributed by atoms with Crippen molar-refractivity contribution in [1.29, 1.82) is 0 Å². The van der Waals surface area contributed by atoms with Crippen LogP contribution in [-0.4, -0.2) is 58.3 Å². The zero-order valence-corrected chi connectivity index (χ0v) is 14.1. The maximum Gasteiger partial charge on any atom is 0.272 e. The Kier molecular flexibility index (Phi) is 5.23. The van der Waals surface area contributed by atoms with Crippen molar-refractivity contribution in [2.45, 2.75) is 13.0 Å². The highest BCUT2D eigenvalue weighted by Gasteiger charge is 2.22. The Morgan fingerprint density at radius 2 is 1.88 bits per heavy atom. The Morgan fingerprint density at radius 1 is 1.16 bits per heavy atom. The van der Waals surface area contributed by atoms with Gasteiger partial charge in [0.15, 0.2) is 0 Å². The van der Waals surface area contributed by atoms with Crippen molar-refractivity contribution in [1.82, 2.24) is 19.8 Å². The van der Waals surface area contributed by atoms with Crippen LogP contribution in [0.5, 0.6) is 0 Å². The Bertz CT molecular complexity index is 729. The Hall–Kier alpha value is -2.96. The number of piperazine rings is 1. The number of rotatable bonds is 5.